The van der Waals surface area contributed by atoms with Gasteiger partial charge >= 0.3 is 0 Å². The van der Waals surface area contributed by atoms with Crippen molar-refractivity contribution in [3.05, 3.63) is 52.8 Å². The standard InChI is InChI=1S/C11H9ClFN3O/c12-7-1-2-9(10(13)3-7)11(17)15-5-8-4-14-6-16-8/h1-4,6H,5H2,(H,14,16)(H,15,17). The summed E-state index contributed by atoms with van der Waals surface area (Å²) >= 11 is 5.59. The molecule has 0 spiro atoms. The van der Waals surface area contributed by atoms with Gasteiger partial charge in [0.1, 0.15) is 5.82 Å². The summed E-state index contributed by atoms with van der Waals surface area (Å²) < 4.78 is 13.4. The molecule has 1 aromatic carbocycles. The van der Waals surface area contributed by atoms with Crippen LogP contribution in [0.5, 0.6) is 0 Å². The van der Waals surface area contributed by atoms with E-state index in [2.05, 4.69) is 15.3 Å². The number of hydrogen-bond acceptors (Lipinski definition) is 2. The highest BCUT2D eigenvalue weighted by molar-refractivity contribution is 6.30. The van der Waals surface area contributed by atoms with Gasteiger partial charge in [0.05, 0.1) is 24.1 Å². The monoisotopic (exact) mass is 253 g/mol. The number of benzene rings is 1. The molecule has 2 N–H and O–H groups in total. The number of carbonyl (C=O) groups excluding carboxylic acids is 1. The van der Waals surface area contributed by atoms with Gasteiger partial charge in [-0.05, 0) is 18.2 Å². The van der Waals surface area contributed by atoms with E-state index >= 15 is 0 Å². The molecule has 1 heterocycles. The van der Waals surface area contributed by atoms with Gasteiger partial charge in [0.15, 0.2) is 0 Å². The molecule has 0 aliphatic rings. The fraction of sp³-hybridized carbons (Fsp3) is 0.0909. The molecule has 0 aliphatic carbocycles. The zero-order chi connectivity index (χ0) is 12.3. The molecule has 0 bridgehead atoms. The van der Waals surface area contributed by atoms with E-state index in [1.54, 1.807) is 6.20 Å². The van der Waals surface area contributed by atoms with Crippen LogP contribution in [0.15, 0.2) is 30.7 Å². The first-order valence-corrected chi connectivity index (χ1v) is 5.25. The number of imidazole rings is 1. The van der Waals surface area contributed by atoms with Gasteiger partial charge in [0.25, 0.3) is 5.91 Å². The zero-order valence-electron chi connectivity index (χ0n) is 8.71. The predicted molar refractivity (Wildman–Crippen MR) is 61.2 cm³/mol. The summed E-state index contributed by atoms with van der Waals surface area (Å²) in [5.74, 6) is -1.13. The Balaban J connectivity index is 2.04. The number of aromatic amines is 1. The third-order valence-electron chi connectivity index (χ3n) is 2.17. The first kappa shape index (κ1) is 11.6. The van der Waals surface area contributed by atoms with Crippen molar-refractivity contribution >= 4 is 17.5 Å². The molecule has 0 radical (unpaired) electrons. The van der Waals surface area contributed by atoms with E-state index in [9.17, 15) is 9.18 Å². The van der Waals surface area contributed by atoms with Gasteiger partial charge in [-0.2, -0.15) is 0 Å². The fourth-order valence-electron chi connectivity index (χ4n) is 1.33. The maximum Gasteiger partial charge on any atom is 0.254 e. The Bertz CT molecular complexity index is 528. The van der Waals surface area contributed by atoms with Gasteiger partial charge in [-0.1, -0.05) is 11.6 Å². The third kappa shape index (κ3) is 2.82. The van der Waals surface area contributed by atoms with Crippen LogP contribution in [0, 0.1) is 5.82 Å². The molecule has 0 saturated heterocycles. The van der Waals surface area contributed by atoms with E-state index in [0.29, 0.717) is 0 Å². The number of amides is 1. The van der Waals surface area contributed by atoms with E-state index < -0.39 is 11.7 Å². The molecule has 2 rings (SSSR count). The highest BCUT2D eigenvalue weighted by Crippen LogP contribution is 2.14. The molecule has 2 aromatic rings. The normalized spacial score (nSPS) is 10.2. The SMILES string of the molecule is O=C(NCc1cnc[nH]1)c1ccc(Cl)cc1F. The van der Waals surface area contributed by atoms with E-state index in [4.69, 9.17) is 11.6 Å². The number of carbonyl (C=O) groups is 1. The lowest BCUT2D eigenvalue weighted by Crippen LogP contribution is -2.23. The van der Waals surface area contributed by atoms with Crippen molar-refractivity contribution in [2.75, 3.05) is 0 Å². The Hall–Kier alpha value is -1.88. The van der Waals surface area contributed by atoms with E-state index in [1.165, 1.54) is 18.5 Å². The number of H-pyrrole nitrogens is 1. The molecule has 6 heteroatoms. The minimum Gasteiger partial charge on any atom is -0.347 e. The van der Waals surface area contributed by atoms with Crippen LogP contribution in [-0.2, 0) is 6.54 Å². The summed E-state index contributed by atoms with van der Waals surface area (Å²) in [6.07, 6.45) is 3.09. The predicted octanol–water partition coefficient (Wildman–Crippen LogP) is 2.13. The van der Waals surface area contributed by atoms with Crippen molar-refractivity contribution in [2.24, 2.45) is 0 Å². The zero-order valence-corrected chi connectivity index (χ0v) is 9.46. The van der Waals surface area contributed by atoms with Gasteiger partial charge < -0.3 is 10.3 Å². The van der Waals surface area contributed by atoms with Crippen LogP contribution in [0.1, 0.15) is 16.1 Å². The van der Waals surface area contributed by atoms with Crippen molar-refractivity contribution in [1.82, 2.24) is 15.3 Å². The van der Waals surface area contributed by atoms with Gasteiger partial charge in [-0.25, -0.2) is 9.37 Å². The molecule has 1 amide bonds. The summed E-state index contributed by atoms with van der Waals surface area (Å²) in [5.41, 5.74) is 0.710. The summed E-state index contributed by atoms with van der Waals surface area (Å²) in [7, 11) is 0. The molecule has 1 aromatic heterocycles. The average Bonchev–Trinajstić information content (AvgIpc) is 2.78. The van der Waals surface area contributed by atoms with Gasteiger partial charge in [-0.15, -0.1) is 0 Å². The number of hydrogen-bond donors (Lipinski definition) is 2. The first-order chi connectivity index (χ1) is 8.16. The number of nitrogens with zero attached hydrogens (tertiary/aromatic N) is 1. The van der Waals surface area contributed by atoms with Crippen molar-refractivity contribution in [3.63, 3.8) is 0 Å². The maximum atomic E-state index is 13.4. The summed E-state index contributed by atoms with van der Waals surface area (Å²) in [5, 5.41) is 2.83. The third-order valence-corrected chi connectivity index (χ3v) is 2.41. The number of halogens is 2. The number of nitrogens with one attached hydrogen (secondary N) is 2. The molecule has 17 heavy (non-hydrogen) atoms. The topological polar surface area (TPSA) is 57.8 Å². The second-order valence-corrected chi connectivity index (χ2v) is 3.82. The smallest absolute Gasteiger partial charge is 0.254 e. The Kier molecular flexibility index (Phi) is 3.39. The fourth-order valence-corrected chi connectivity index (χ4v) is 1.48. The maximum absolute atomic E-state index is 13.4. The summed E-state index contributed by atoms with van der Waals surface area (Å²) in [6, 6.07) is 3.92. The second kappa shape index (κ2) is 4.97. The molecule has 0 atom stereocenters. The largest absolute Gasteiger partial charge is 0.347 e. The lowest BCUT2D eigenvalue weighted by atomic mass is 10.2. The summed E-state index contributed by atoms with van der Waals surface area (Å²) in [4.78, 5) is 18.3. The Morgan fingerprint density at radius 2 is 2.35 bits per heavy atom. The minimum absolute atomic E-state index is 0.0334. The van der Waals surface area contributed by atoms with Crippen molar-refractivity contribution < 1.29 is 9.18 Å². The quantitative estimate of drug-likeness (QED) is 0.880. The number of rotatable bonds is 3. The van der Waals surface area contributed by atoms with Crippen LogP contribution in [0.25, 0.3) is 0 Å². The highest BCUT2D eigenvalue weighted by atomic mass is 35.5. The van der Waals surface area contributed by atoms with Crippen LogP contribution in [0.3, 0.4) is 0 Å². The van der Waals surface area contributed by atoms with Gasteiger partial charge in [0.2, 0.25) is 0 Å². The molecular formula is C11H9ClFN3O. The van der Waals surface area contributed by atoms with Crippen molar-refractivity contribution in [2.45, 2.75) is 6.54 Å². The highest BCUT2D eigenvalue weighted by Gasteiger charge is 2.11. The minimum atomic E-state index is -0.639. The van der Waals surface area contributed by atoms with Crippen LogP contribution in [-0.4, -0.2) is 15.9 Å². The van der Waals surface area contributed by atoms with Crippen molar-refractivity contribution in [1.29, 1.82) is 0 Å². The molecule has 0 fully saturated rings. The molecule has 88 valence electrons. The molecule has 0 aliphatic heterocycles. The van der Waals surface area contributed by atoms with Crippen LogP contribution in [0.2, 0.25) is 5.02 Å². The van der Waals surface area contributed by atoms with E-state index in [0.717, 1.165) is 11.8 Å². The Morgan fingerprint density at radius 3 is 3.00 bits per heavy atom. The van der Waals surface area contributed by atoms with E-state index in [1.807, 2.05) is 0 Å². The van der Waals surface area contributed by atoms with Crippen LogP contribution < -0.4 is 5.32 Å². The lowest BCUT2D eigenvalue weighted by Gasteiger charge is -2.04. The summed E-state index contributed by atoms with van der Waals surface area (Å²) in [6.45, 7) is 0.265. The Labute approximate surface area is 102 Å². The first-order valence-electron chi connectivity index (χ1n) is 4.87. The molecular weight excluding hydrogens is 245 g/mol. The lowest BCUT2D eigenvalue weighted by molar-refractivity contribution is 0.0946. The Morgan fingerprint density at radius 1 is 1.53 bits per heavy atom. The van der Waals surface area contributed by atoms with Gasteiger partial charge in [-0.3, -0.25) is 4.79 Å². The average molecular weight is 254 g/mol. The number of aromatic nitrogens is 2. The van der Waals surface area contributed by atoms with Crippen LogP contribution in [0.4, 0.5) is 4.39 Å². The van der Waals surface area contributed by atoms with Gasteiger partial charge in [0, 0.05) is 11.2 Å². The molecule has 4 nitrogen and oxygen atoms in total. The van der Waals surface area contributed by atoms with Crippen molar-refractivity contribution in [3.8, 4) is 0 Å². The second-order valence-electron chi connectivity index (χ2n) is 3.38. The van der Waals surface area contributed by atoms with Crippen LogP contribution >= 0.6 is 11.6 Å². The molecule has 0 unspecified atom stereocenters. The van der Waals surface area contributed by atoms with E-state index in [-0.39, 0.29) is 17.1 Å². The molecule has 0 saturated carbocycles.